The lowest BCUT2D eigenvalue weighted by Gasteiger charge is -2.30. The molecular formula is C21H18N2O4. The van der Waals surface area contributed by atoms with Crippen LogP contribution in [-0.4, -0.2) is 31.1 Å². The summed E-state index contributed by atoms with van der Waals surface area (Å²) < 4.78 is 5.04. The van der Waals surface area contributed by atoms with E-state index >= 15 is 0 Å². The van der Waals surface area contributed by atoms with Crippen LogP contribution in [0.5, 0.6) is 0 Å². The maximum absolute atomic E-state index is 13.3. The van der Waals surface area contributed by atoms with Gasteiger partial charge < -0.3 is 4.74 Å². The summed E-state index contributed by atoms with van der Waals surface area (Å²) in [6, 6.07) is 15.9. The number of esters is 1. The summed E-state index contributed by atoms with van der Waals surface area (Å²) in [5.41, 5.74) is 0.315. The van der Waals surface area contributed by atoms with Gasteiger partial charge in [-0.1, -0.05) is 42.5 Å². The Labute approximate surface area is 156 Å². The number of methoxy groups -OCH3 is 1. The van der Waals surface area contributed by atoms with E-state index in [0.717, 1.165) is 10.5 Å². The number of aryl methyl sites for hydroxylation is 1. The Morgan fingerprint density at radius 2 is 1.70 bits per heavy atom. The molecule has 0 aliphatic carbocycles. The second-order valence-corrected chi connectivity index (χ2v) is 6.70. The number of hydrogen-bond donors (Lipinski definition) is 0. The number of nitrogens with zero attached hydrogens (tertiary/aromatic N) is 2. The Morgan fingerprint density at radius 1 is 1.04 bits per heavy atom. The molecule has 2 aliphatic rings. The van der Waals surface area contributed by atoms with Crippen molar-refractivity contribution >= 4 is 29.7 Å². The molecule has 0 aromatic heterocycles. The van der Waals surface area contributed by atoms with Crippen LogP contribution in [0, 0.1) is 18.8 Å². The van der Waals surface area contributed by atoms with Crippen molar-refractivity contribution in [3.05, 3.63) is 65.7 Å². The molecular weight excluding hydrogens is 344 g/mol. The van der Waals surface area contributed by atoms with Crippen LogP contribution in [0.2, 0.25) is 0 Å². The molecule has 0 unspecified atom stereocenters. The third-order valence-corrected chi connectivity index (χ3v) is 5.31. The molecule has 0 N–H and O–H groups in total. The van der Waals surface area contributed by atoms with Gasteiger partial charge in [0.05, 0.1) is 24.6 Å². The van der Waals surface area contributed by atoms with Crippen LogP contribution < -0.4 is 4.90 Å². The average molecular weight is 362 g/mol. The summed E-state index contributed by atoms with van der Waals surface area (Å²) in [7, 11) is 1.27. The molecule has 2 heterocycles. The van der Waals surface area contributed by atoms with Crippen LogP contribution in [0.3, 0.4) is 0 Å². The first-order chi connectivity index (χ1) is 13.0. The Hall–Kier alpha value is -3.28. The van der Waals surface area contributed by atoms with Crippen LogP contribution in [0.4, 0.5) is 5.69 Å². The number of hydrogen-bond acceptors (Lipinski definition) is 5. The van der Waals surface area contributed by atoms with E-state index in [-0.39, 0.29) is 5.91 Å². The molecule has 2 aromatic rings. The molecule has 6 nitrogen and oxygen atoms in total. The van der Waals surface area contributed by atoms with Gasteiger partial charge in [0.2, 0.25) is 11.8 Å². The van der Waals surface area contributed by atoms with Crippen molar-refractivity contribution in [2.75, 3.05) is 12.0 Å². The number of carbonyl (C=O) groups is 3. The van der Waals surface area contributed by atoms with E-state index in [9.17, 15) is 14.4 Å². The molecule has 6 heteroatoms. The van der Waals surface area contributed by atoms with E-state index in [2.05, 4.69) is 4.99 Å². The van der Waals surface area contributed by atoms with Crippen LogP contribution in [0.25, 0.3) is 0 Å². The van der Waals surface area contributed by atoms with Crippen LogP contribution >= 0.6 is 0 Å². The van der Waals surface area contributed by atoms with Crippen LogP contribution in [-0.2, 0) is 24.7 Å². The minimum absolute atomic E-state index is 0.376. The number of amides is 2. The van der Waals surface area contributed by atoms with E-state index in [4.69, 9.17) is 4.74 Å². The first-order valence-electron chi connectivity index (χ1n) is 8.65. The fourth-order valence-corrected chi connectivity index (χ4v) is 4.07. The number of carbonyl (C=O) groups excluding carboxylic acids is 3. The largest absolute Gasteiger partial charge is 0.467 e. The monoisotopic (exact) mass is 362 g/mol. The van der Waals surface area contributed by atoms with Crippen molar-refractivity contribution in [2.45, 2.75) is 12.5 Å². The van der Waals surface area contributed by atoms with Gasteiger partial charge in [0.1, 0.15) is 0 Å². The highest BCUT2D eigenvalue weighted by Crippen LogP contribution is 2.49. The molecule has 2 aromatic carbocycles. The summed E-state index contributed by atoms with van der Waals surface area (Å²) in [6.45, 7) is 1.85. The van der Waals surface area contributed by atoms with Crippen molar-refractivity contribution in [3.8, 4) is 0 Å². The Bertz CT molecular complexity index is 969. The van der Waals surface area contributed by atoms with Gasteiger partial charge in [-0.05, 0) is 30.2 Å². The van der Waals surface area contributed by atoms with E-state index in [1.54, 1.807) is 36.4 Å². The molecule has 0 saturated carbocycles. The standard InChI is InChI=1S/C21H18N2O4/c1-13-8-6-7-11-16(13)21(20(26)27-2)17-15(12-22-21)18(24)23(19(17)25)14-9-4-3-5-10-14/h3-12,15,17H,1-2H3/t15-,17+,21+/m1/s1. The number of para-hydroxylation sites is 1. The lowest BCUT2D eigenvalue weighted by molar-refractivity contribution is -0.151. The van der Waals surface area contributed by atoms with Gasteiger partial charge in [0, 0.05) is 6.21 Å². The number of benzene rings is 2. The molecule has 2 amide bonds. The van der Waals surface area contributed by atoms with E-state index in [1.807, 2.05) is 25.1 Å². The summed E-state index contributed by atoms with van der Waals surface area (Å²) in [5.74, 6) is -3.21. The molecule has 2 aliphatic heterocycles. The van der Waals surface area contributed by atoms with Crippen molar-refractivity contribution in [1.29, 1.82) is 0 Å². The van der Waals surface area contributed by atoms with Crippen molar-refractivity contribution in [1.82, 2.24) is 0 Å². The second-order valence-electron chi connectivity index (χ2n) is 6.70. The fourth-order valence-electron chi connectivity index (χ4n) is 4.07. The zero-order valence-electron chi connectivity index (χ0n) is 15.0. The summed E-state index contributed by atoms with van der Waals surface area (Å²) in [4.78, 5) is 44.8. The molecule has 4 rings (SSSR count). The topological polar surface area (TPSA) is 76.0 Å². The lowest BCUT2D eigenvalue weighted by atomic mass is 9.74. The van der Waals surface area contributed by atoms with Gasteiger partial charge >= 0.3 is 5.97 Å². The van der Waals surface area contributed by atoms with Gasteiger partial charge in [0.15, 0.2) is 5.54 Å². The molecule has 1 fully saturated rings. The fraction of sp³-hybridized carbons (Fsp3) is 0.238. The number of ether oxygens (including phenoxy) is 1. The summed E-state index contributed by atoms with van der Waals surface area (Å²) in [6.07, 6.45) is 1.43. The number of fused-ring (bicyclic) bond motifs is 1. The lowest BCUT2D eigenvalue weighted by Crippen LogP contribution is -2.45. The molecule has 0 spiro atoms. The predicted molar refractivity (Wildman–Crippen MR) is 99.3 cm³/mol. The molecule has 136 valence electrons. The van der Waals surface area contributed by atoms with Crippen LogP contribution in [0.1, 0.15) is 11.1 Å². The van der Waals surface area contributed by atoms with Crippen molar-refractivity contribution < 1.29 is 19.1 Å². The van der Waals surface area contributed by atoms with Crippen molar-refractivity contribution in [2.24, 2.45) is 16.8 Å². The van der Waals surface area contributed by atoms with Gasteiger partial charge in [0.25, 0.3) is 0 Å². The van der Waals surface area contributed by atoms with Gasteiger partial charge in [-0.3, -0.25) is 14.6 Å². The third kappa shape index (κ3) is 2.26. The first kappa shape index (κ1) is 17.1. The molecule has 3 atom stereocenters. The van der Waals surface area contributed by atoms with Crippen LogP contribution in [0.15, 0.2) is 59.6 Å². The molecule has 0 radical (unpaired) electrons. The highest BCUT2D eigenvalue weighted by atomic mass is 16.5. The number of imide groups is 1. The molecule has 1 saturated heterocycles. The Morgan fingerprint density at radius 3 is 2.37 bits per heavy atom. The Balaban J connectivity index is 1.89. The quantitative estimate of drug-likeness (QED) is 0.620. The molecule has 27 heavy (non-hydrogen) atoms. The van der Waals surface area contributed by atoms with Crippen molar-refractivity contribution in [3.63, 3.8) is 0 Å². The number of anilines is 1. The minimum Gasteiger partial charge on any atom is -0.467 e. The van der Waals surface area contributed by atoms with E-state index < -0.39 is 29.3 Å². The number of aliphatic imine (C=N–C) groups is 1. The predicted octanol–water partition coefficient (Wildman–Crippen LogP) is 2.25. The van der Waals surface area contributed by atoms with E-state index in [1.165, 1.54) is 13.3 Å². The molecule has 0 bridgehead atoms. The average Bonchev–Trinajstić information content (AvgIpc) is 3.20. The first-order valence-corrected chi connectivity index (χ1v) is 8.65. The smallest absolute Gasteiger partial charge is 0.339 e. The summed E-state index contributed by atoms with van der Waals surface area (Å²) in [5, 5.41) is 0. The maximum Gasteiger partial charge on any atom is 0.339 e. The second kappa shape index (κ2) is 6.16. The zero-order valence-corrected chi connectivity index (χ0v) is 15.0. The highest BCUT2D eigenvalue weighted by Gasteiger charge is 2.65. The third-order valence-electron chi connectivity index (χ3n) is 5.31. The zero-order chi connectivity index (χ0) is 19.2. The summed E-state index contributed by atoms with van der Waals surface area (Å²) >= 11 is 0. The van der Waals surface area contributed by atoms with Gasteiger partial charge in [-0.2, -0.15) is 0 Å². The highest BCUT2D eigenvalue weighted by molar-refractivity contribution is 6.28. The normalized spacial score (nSPS) is 26.4. The SMILES string of the molecule is COC(=O)[C@@]1(c2ccccc2C)N=C[C@H]2C(=O)N(c3ccccc3)C(=O)[C@H]21. The maximum atomic E-state index is 13.3. The Kier molecular flexibility index (Phi) is 3.91. The number of rotatable bonds is 3. The van der Waals surface area contributed by atoms with Gasteiger partial charge in [-0.15, -0.1) is 0 Å². The minimum atomic E-state index is -1.55. The van der Waals surface area contributed by atoms with Gasteiger partial charge in [-0.25, -0.2) is 9.69 Å². The van der Waals surface area contributed by atoms with E-state index in [0.29, 0.717) is 11.3 Å².